The van der Waals surface area contributed by atoms with Gasteiger partial charge in [0.1, 0.15) is 18.4 Å². The molecule has 1 amide bonds. The summed E-state index contributed by atoms with van der Waals surface area (Å²) in [5.74, 6) is 0.485. The number of hydrogen-bond donors (Lipinski definition) is 3. The number of ether oxygens (including phenoxy) is 1. The maximum atomic E-state index is 12.4. The number of carbonyl (C=O) groups is 1. The number of non-ortho nitro benzene ring substituents is 1. The Morgan fingerprint density at radius 1 is 1.09 bits per heavy atom. The molecule has 0 aliphatic carbocycles. The Morgan fingerprint density at radius 3 is 2.64 bits per heavy atom. The van der Waals surface area contributed by atoms with Crippen molar-refractivity contribution in [1.82, 2.24) is 16.3 Å². The molecule has 33 heavy (non-hydrogen) atoms. The fraction of sp³-hybridized carbons (Fsp3) is 0.167. The first kappa shape index (κ1) is 22.1. The molecule has 1 fully saturated rings. The zero-order valence-corrected chi connectivity index (χ0v) is 17.7. The van der Waals surface area contributed by atoms with Gasteiger partial charge < -0.3 is 4.74 Å². The first-order valence-electron chi connectivity index (χ1n) is 10.4. The Bertz CT molecular complexity index is 1140. The number of hydrogen-bond acceptors (Lipinski definition) is 7. The van der Waals surface area contributed by atoms with Crippen LogP contribution in [0.3, 0.4) is 0 Å². The van der Waals surface area contributed by atoms with Crippen LogP contribution in [0.15, 0.2) is 84.0 Å². The van der Waals surface area contributed by atoms with E-state index in [1.165, 1.54) is 18.3 Å². The molecular formula is C24H23N5O4. The lowest BCUT2D eigenvalue weighted by molar-refractivity contribution is -0.384. The van der Waals surface area contributed by atoms with Crippen molar-refractivity contribution in [2.45, 2.75) is 25.1 Å². The number of nitro benzene ring substituents is 1. The van der Waals surface area contributed by atoms with Crippen LogP contribution in [0.5, 0.6) is 5.75 Å². The minimum atomic E-state index is -0.469. The van der Waals surface area contributed by atoms with Gasteiger partial charge in [-0.05, 0) is 47.4 Å². The van der Waals surface area contributed by atoms with Crippen LogP contribution < -0.4 is 21.0 Å². The fourth-order valence-electron chi connectivity index (χ4n) is 3.44. The quantitative estimate of drug-likeness (QED) is 0.278. The van der Waals surface area contributed by atoms with Gasteiger partial charge in [0.25, 0.3) is 11.6 Å². The molecule has 9 heteroatoms. The Labute approximate surface area is 190 Å². The first-order valence-corrected chi connectivity index (χ1v) is 10.4. The topological polar surface area (TPSA) is 118 Å². The lowest BCUT2D eigenvalue weighted by Gasteiger charge is -2.12. The summed E-state index contributed by atoms with van der Waals surface area (Å²) in [6, 6.07) is 23.1. The molecule has 3 N–H and O–H groups in total. The molecule has 1 aliphatic heterocycles. The summed E-state index contributed by atoms with van der Waals surface area (Å²) < 4.78 is 5.90. The normalized spacial score (nSPS) is 17.7. The lowest BCUT2D eigenvalue weighted by Crippen LogP contribution is -2.41. The average molecular weight is 445 g/mol. The predicted molar refractivity (Wildman–Crippen MR) is 123 cm³/mol. The van der Waals surface area contributed by atoms with Crippen molar-refractivity contribution >= 4 is 17.8 Å². The minimum absolute atomic E-state index is 0.00186. The molecule has 0 aromatic heterocycles. The molecule has 0 bridgehead atoms. The number of benzene rings is 3. The molecule has 0 radical (unpaired) electrons. The average Bonchev–Trinajstić information content (AvgIpc) is 3.34. The third-order valence-corrected chi connectivity index (χ3v) is 5.22. The number of hydrazine groups is 1. The van der Waals surface area contributed by atoms with Crippen LogP contribution in [0.1, 0.15) is 29.2 Å². The Kier molecular flexibility index (Phi) is 7.03. The van der Waals surface area contributed by atoms with Gasteiger partial charge in [0.15, 0.2) is 0 Å². The van der Waals surface area contributed by atoms with Crippen molar-refractivity contribution in [2.24, 2.45) is 5.10 Å². The molecule has 4 rings (SSSR count). The molecule has 1 saturated heterocycles. The van der Waals surface area contributed by atoms with E-state index in [0.29, 0.717) is 18.6 Å². The van der Waals surface area contributed by atoms with Gasteiger partial charge in [-0.3, -0.25) is 14.9 Å². The maximum absolute atomic E-state index is 12.4. The monoisotopic (exact) mass is 445 g/mol. The van der Waals surface area contributed by atoms with E-state index in [-0.39, 0.29) is 17.6 Å². The molecule has 0 saturated carbocycles. The molecule has 1 heterocycles. The van der Waals surface area contributed by atoms with E-state index in [1.807, 2.05) is 54.6 Å². The SMILES string of the molecule is O=C(N/N=C/c1ccc([N+](=O)[O-])cc1)C1CC(c2cccc(OCc3ccccc3)c2)NN1. The van der Waals surface area contributed by atoms with Crippen molar-refractivity contribution in [1.29, 1.82) is 0 Å². The molecule has 0 spiro atoms. The smallest absolute Gasteiger partial charge is 0.269 e. The standard InChI is InChI=1S/C24H23N5O4/c30-24(28-25-15-17-9-11-20(12-10-17)29(31)32)23-14-22(26-27-23)19-7-4-8-21(13-19)33-16-18-5-2-1-3-6-18/h1-13,15,22-23,26-27H,14,16H2,(H,28,30)/b25-15+. The van der Waals surface area contributed by atoms with Crippen LogP contribution >= 0.6 is 0 Å². The van der Waals surface area contributed by atoms with E-state index in [4.69, 9.17) is 4.74 Å². The molecule has 1 aliphatic rings. The van der Waals surface area contributed by atoms with Crippen LogP contribution in [0.4, 0.5) is 5.69 Å². The first-order chi connectivity index (χ1) is 16.1. The van der Waals surface area contributed by atoms with Crippen LogP contribution in [0, 0.1) is 10.1 Å². The second-order valence-corrected chi connectivity index (χ2v) is 7.56. The summed E-state index contributed by atoms with van der Waals surface area (Å²) >= 11 is 0. The van der Waals surface area contributed by atoms with Crippen LogP contribution in [0.25, 0.3) is 0 Å². The summed E-state index contributed by atoms with van der Waals surface area (Å²) in [5.41, 5.74) is 11.4. The largest absolute Gasteiger partial charge is 0.489 e. The highest BCUT2D eigenvalue weighted by molar-refractivity contribution is 5.85. The highest BCUT2D eigenvalue weighted by atomic mass is 16.6. The van der Waals surface area contributed by atoms with Gasteiger partial charge >= 0.3 is 0 Å². The summed E-state index contributed by atoms with van der Waals surface area (Å²) in [7, 11) is 0. The number of nitro groups is 1. The van der Waals surface area contributed by atoms with Gasteiger partial charge in [-0.1, -0.05) is 42.5 Å². The van der Waals surface area contributed by atoms with E-state index in [9.17, 15) is 14.9 Å². The highest BCUT2D eigenvalue weighted by Gasteiger charge is 2.30. The van der Waals surface area contributed by atoms with Crippen molar-refractivity contribution in [3.63, 3.8) is 0 Å². The molecule has 2 unspecified atom stereocenters. The third-order valence-electron chi connectivity index (χ3n) is 5.22. The number of hydrazone groups is 1. The summed E-state index contributed by atoms with van der Waals surface area (Å²) in [6.07, 6.45) is 1.98. The van der Waals surface area contributed by atoms with Gasteiger partial charge in [0, 0.05) is 18.2 Å². The zero-order chi connectivity index (χ0) is 23.0. The number of rotatable bonds is 8. The third kappa shape index (κ3) is 6.00. The molecular weight excluding hydrogens is 422 g/mol. The fourth-order valence-corrected chi connectivity index (χ4v) is 3.44. The molecule has 3 aromatic carbocycles. The number of nitrogens with zero attached hydrogens (tertiary/aromatic N) is 2. The van der Waals surface area contributed by atoms with Gasteiger partial charge in [0.05, 0.1) is 11.1 Å². The molecule has 168 valence electrons. The maximum Gasteiger partial charge on any atom is 0.269 e. The highest BCUT2D eigenvalue weighted by Crippen LogP contribution is 2.26. The summed E-state index contributed by atoms with van der Waals surface area (Å²) in [4.78, 5) is 22.7. The van der Waals surface area contributed by atoms with Crippen LogP contribution in [-0.4, -0.2) is 23.1 Å². The summed E-state index contributed by atoms with van der Waals surface area (Å²) in [5, 5.41) is 14.6. The second kappa shape index (κ2) is 10.5. The van der Waals surface area contributed by atoms with Crippen LogP contribution in [-0.2, 0) is 11.4 Å². The molecule has 2 atom stereocenters. The number of amides is 1. The van der Waals surface area contributed by atoms with E-state index in [1.54, 1.807) is 12.1 Å². The van der Waals surface area contributed by atoms with E-state index in [2.05, 4.69) is 21.4 Å². The van der Waals surface area contributed by atoms with Crippen molar-refractivity contribution < 1.29 is 14.5 Å². The van der Waals surface area contributed by atoms with E-state index in [0.717, 1.165) is 16.9 Å². The van der Waals surface area contributed by atoms with Gasteiger partial charge in [-0.2, -0.15) is 5.10 Å². The predicted octanol–water partition coefficient (Wildman–Crippen LogP) is 3.23. The lowest BCUT2D eigenvalue weighted by atomic mass is 10.0. The number of carbonyl (C=O) groups excluding carboxylic acids is 1. The van der Waals surface area contributed by atoms with Crippen molar-refractivity contribution in [3.05, 3.63) is 106 Å². The van der Waals surface area contributed by atoms with Crippen molar-refractivity contribution in [3.8, 4) is 5.75 Å². The summed E-state index contributed by atoms with van der Waals surface area (Å²) in [6.45, 7) is 0.485. The van der Waals surface area contributed by atoms with E-state index < -0.39 is 11.0 Å². The Balaban J connectivity index is 1.28. The second-order valence-electron chi connectivity index (χ2n) is 7.56. The number of nitrogens with one attached hydrogen (secondary N) is 3. The molecule has 3 aromatic rings. The zero-order valence-electron chi connectivity index (χ0n) is 17.7. The Morgan fingerprint density at radius 2 is 1.88 bits per heavy atom. The minimum Gasteiger partial charge on any atom is -0.489 e. The molecule has 9 nitrogen and oxygen atoms in total. The van der Waals surface area contributed by atoms with Gasteiger partial charge in [0.2, 0.25) is 0 Å². The van der Waals surface area contributed by atoms with Gasteiger partial charge in [-0.15, -0.1) is 0 Å². The van der Waals surface area contributed by atoms with Crippen LogP contribution in [0.2, 0.25) is 0 Å². The van der Waals surface area contributed by atoms with Crippen molar-refractivity contribution in [2.75, 3.05) is 0 Å². The Hall–Kier alpha value is -4.08. The van der Waals surface area contributed by atoms with Gasteiger partial charge in [-0.25, -0.2) is 16.3 Å². The van der Waals surface area contributed by atoms with E-state index >= 15 is 0 Å².